The molecule has 2 rings (SSSR count). The van der Waals surface area contributed by atoms with Gasteiger partial charge in [0.25, 0.3) is 0 Å². The van der Waals surface area contributed by atoms with Gasteiger partial charge < -0.3 is 19.3 Å². The van der Waals surface area contributed by atoms with Gasteiger partial charge in [-0.05, 0) is 6.07 Å². The SMILES string of the molecule is COc1cc2c(c(C(=O)O)c1)OCCO2. The van der Waals surface area contributed by atoms with Crippen molar-refractivity contribution in [3.63, 3.8) is 0 Å². The molecule has 0 bridgehead atoms. The van der Waals surface area contributed by atoms with E-state index < -0.39 is 5.97 Å². The van der Waals surface area contributed by atoms with E-state index in [1.54, 1.807) is 6.07 Å². The summed E-state index contributed by atoms with van der Waals surface area (Å²) in [6.07, 6.45) is 0. The molecule has 0 atom stereocenters. The lowest BCUT2D eigenvalue weighted by Crippen LogP contribution is -2.18. The molecule has 0 radical (unpaired) electrons. The zero-order valence-corrected chi connectivity index (χ0v) is 8.15. The highest BCUT2D eigenvalue weighted by atomic mass is 16.6. The third kappa shape index (κ3) is 1.68. The predicted octanol–water partition coefficient (Wildman–Crippen LogP) is 1.16. The van der Waals surface area contributed by atoms with Crippen LogP contribution in [-0.4, -0.2) is 31.4 Å². The summed E-state index contributed by atoms with van der Waals surface area (Å²) < 4.78 is 15.5. The topological polar surface area (TPSA) is 65.0 Å². The standard InChI is InChI=1S/C10H10O5/c1-13-6-4-7(10(11)12)9-8(5-6)14-2-3-15-9/h4-5H,2-3H2,1H3,(H,11,12). The minimum atomic E-state index is -1.06. The van der Waals surface area contributed by atoms with E-state index >= 15 is 0 Å². The molecule has 1 aromatic rings. The van der Waals surface area contributed by atoms with Crippen LogP contribution in [0.15, 0.2) is 12.1 Å². The Kier molecular flexibility index (Phi) is 2.37. The van der Waals surface area contributed by atoms with Crippen molar-refractivity contribution in [2.24, 2.45) is 0 Å². The van der Waals surface area contributed by atoms with Crippen LogP contribution in [0, 0.1) is 0 Å². The molecule has 0 saturated carbocycles. The molecule has 0 saturated heterocycles. The highest BCUT2D eigenvalue weighted by Crippen LogP contribution is 2.37. The van der Waals surface area contributed by atoms with Gasteiger partial charge in [0.15, 0.2) is 11.5 Å². The zero-order valence-electron chi connectivity index (χ0n) is 8.15. The minimum Gasteiger partial charge on any atom is -0.497 e. The first-order chi connectivity index (χ1) is 7.22. The number of rotatable bonds is 2. The van der Waals surface area contributed by atoms with Crippen molar-refractivity contribution in [3.05, 3.63) is 17.7 Å². The summed E-state index contributed by atoms with van der Waals surface area (Å²) >= 11 is 0. The van der Waals surface area contributed by atoms with Crippen molar-refractivity contribution in [1.29, 1.82) is 0 Å². The quantitative estimate of drug-likeness (QED) is 0.793. The van der Waals surface area contributed by atoms with Gasteiger partial charge >= 0.3 is 5.97 Å². The zero-order chi connectivity index (χ0) is 10.8. The normalized spacial score (nSPS) is 13.4. The van der Waals surface area contributed by atoms with Crippen LogP contribution in [0.5, 0.6) is 17.2 Å². The van der Waals surface area contributed by atoms with Gasteiger partial charge in [-0.2, -0.15) is 0 Å². The van der Waals surface area contributed by atoms with Crippen LogP contribution in [-0.2, 0) is 0 Å². The van der Waals surface area contributed by atoms with E-state index in [0.717, 1.165) is 0 Å². The van der Waals surface area contributed by atoms with Gasteiger partial charge in [-0.3, -0.25) is 0 Å². The molecule has 1 N–H and O–H groups in total. The van der Waals surface area contributed by atoms with E-state index in [4.69, 9.17) is 19.3 Å². The maximum Gasteiger partial charge on any atom is 0.339 e. The maximum absolute atomic E-state index is 10.9. The molecular weight excluding hydrogens is 200 g/mol. The van der Waals surface area contributed by atoms with Crippen LogP contribution in [0.25, 0.3) is 0 Å². The number of benzene rings is 1. The number of hydrogen-bond donors (Lipinski definition) is 1. The van der Waals surface area contributed by atoms with E-state index in [2.05, 4.69) is 0 Å². The number of methoxy groups -OCH3 is 1. The Bertz CT molecular complexity index is 399. The van der Waals surface area contributed by atoms with E-state index in [9.17, 15) is 4.79 Å². The van der Waals surface area contributed by atoms with Crippen LogP contribution in [0.2, 0.25) is 0 Å². The Balaban J connectivity index is 2.55. The van der Waals surface area contributed by atoms with Crippen molar-refractivity contribution in [2.75, 3.05) is 20.3 Å². The number of ether oxygens (including phenoxy) is 3. The Hall–Kier alpha value is -1.91. The molecule has 0 unspecified atom stereocenters. The molecule has 1 aliphatic rings. The largest absolute Gasteiger partial charge is 0.497 e. The third-order valence-corrected chi connectivity index (χ3v) is 2.08. The van der Waals surface area contributed by atoms with Gasteiger partial charge in [0.2, 0.25) is 0 Å². The average Bonchev–Trinajstić information content (AvgIpc) is 2.27. The first-order valence-corrected chi connectivity index (χ1v) is 4.43. The fourth-order valence-electron chi connectivity index (χ4n) is 1.41. The lowest BCUT2D eigenvalue weighted by Gasteiger charge is -2.20. The van der Waals surface area contributed by atoms with Crippen molar-refractivity contribution in [3.8, 4) is 17.2 Å². The molecule has 1 aliphatic heterocycles. The molecule has 0 aliphatic carbocycles. The van der Waals surface area contributed by atoms with Crippen molar-refractivity contribution in [2.45, 2.75) is 0 Å². The predicted molar refractivity (Wildman–Crippen MR) is 50.9 cm³/mol. The van der Waals surface area contributed by atoms with Crippen molar-refractivity contribution in [1.82, 2.24) is 0 Å². The van der Waals surface area contributed by atoms with E-state index in [1.165, 1.54) is 13.2 Å². The van der Waals surface area contributed by atoms with Crippen molar-refractivity contribution < 1.29 is 24.1 Å². The minimum absolute atomic E-state index is 0.0593. The second-order valence-corrected chi connectivity index (χ2v) is 3.00. The number of aromatic carboxylic acids is 1. The summed E-state index contributed by atoms with van der Waals surface area (Å²) in [4.78, 5) is 10.9. The van der Waals surface area contributed by atoms with E-state index in [0.29, 0.717) is 24.7 Å². The molecule has 1 heterocycles. The summed E-state index contributed by atoms with van der Waals surface area (Å²) in [6, 6.07) is 3.02. The number of carboxylic acids is 1. The maximum atomic E-state index is 10.9. The molecule has 80 valence electrons. The first-order valence-electron chi connectivity index (χ1n) is 4.43. The van der Waals surface area contributed by atoms with Crippen LogP contribution in [0.4, 0.5) is 0 Å². The second-order valence-electron chi connectivity index (χ2n) is 3.00. The Morgan fingerprint density at radius 3 is 2.80 bits per heavy atom. The van der Waals surface area contributed by atoms with Gasteiger partial charge in [0.05, 0.1) is 7.11 Å². The number of fused-ring (bicyclic) bond motifs is 1. The fourth-order valence-corrected chi connectivity index (χ4v) is 1.41. The van der Waals surface area contributed by atoms with Crippen LogP contribution in [0.3, 0.4) is 0 Å². The lowest BCUT2D eigenvalue weighted by molar-refractivity contribution is 0.0685. The number of carboxylic acid groups (broad SMARTS) is 1. The summed E-state index contributed by atoms with van der Waals surface area (Å²) in [7, 11) is 1.47. The highest BCUT2D eigenvalue weighted by molar-refractivity contribution is 5.92. The van der Waals surface area contributed by atoms with Crippen LogP contribution in [0.1, 0.15) is 10.4 Å². The Morgan fingerprint density at radius 2 is 2.13 bits per heavy atom. The van der Waals surface area contributed by atoms with Gasteiger partial charge in [0, 0.05) is 6.07 Å². The molecule has 0 fully saturated rings. The Labute approximate surface area is 86.2 Å². The van der Waals surface area contributed by atoms with Gasteiger partial charge in [-0.15, -0.1) is 0 Å². The van der Waals surface area contributed by atoms with E-state index in [-0.39, 0.29) is 11.3 Å². The van der Waals surface area contributed by atoms with Crippen molar-refractivity contribution >= 4 is 5.97 Å². The summed E-state index contributed by atoms with van der Waals surface area (Å²) in [5.74, 6) is 0.0693. The molecule has 5 nitrogen and oxygen atoms in total. The molecule has 0 amide bonds. The third-order valence-electron chi connectivity index (χ3n) is 2.08. The summed E-state index contributed by atoms with van der Waals surface area (Å²) in [5.41, 5.74) is 0.0593. The molecule has 5 heteroatoms. The first kappa shape index (κ1) is 9.64. The Morgan fingerprint density at radius 1 is 1.40 bits per heavy atom. The molecule has 0 spiro atoms. The highest BCUT2D eigenvalue weighted by Gasteiger charge is 2.21. The van der Waals surface area contributed by atoms with E-state index in [1.807, 2.05) is 0 Å². The molecular formula is C10H10O5. The van der Waals surface area contributed by atoms with Gasteiger partial charge in [-0.1, -0.05) is 0 Å². The molecule has 1 aromatic carbocycles. The average molecular weight is 210 g/mol. The summed E-state index contributed by atoms with van der Waals surface area (Å²) in [6.45, 7) is 0.777. The monoisotopic (exact) mass is 210 g/mol. The van der Waals surface area contributed by atoms with Gasteiger partial charge in [0.1, 0.15) is 24.5 Å². The van der Waals surface area contributed by atoms with Crippen LogP contribution < -0.4 is 14.2 Å². The number of carbonyl (C=O) groups is 1. The molecule has 15 heavy (non-hydrogen) atoms. The smallest absolute Gasteiger partial charge is 0.339 e. The van der Waals surface area contributed by atoms with Crippen LogP contribution >= 0.6 is 0 Å². The van der Waals surface area contributed by atoms with Gasteiger partial charge in [-0.25, -0.2) is 4.79 Å². The molecule has 0 aromatic heterocycles. The summed E-state index contributed by atoms with van der Waals surface area (Å²) in [5, 5.41) is 8.97. The number of hydrogen-bond acceptors (Lipinski definition) is 4. The lowest BCUT2D eigenvalue weighted by atomic mass is 10.1. The second kappa shape index (κ2) is 3.68. The fraction of sp³-hybridized carbons (Fsp3) is 0.300.